The van der Waals surface area contributed by atoms with Crippen molar-refractivity contribution in [1.82, 2.24) is 24.8 Å². The van der Waals surface area contributed by atoms with Crippen molar-refractivity contribution in [1.29, 1.82) is 0 Å². The number of sulfonamides is 1. The van der Waals surface area contributed by atoms with Crippen LogP contribution in [0.1, 0.15) is 53.0 Å². The van der Waals surface area contributed by atoms with Gasteiger partial charge in [-0.2, -0.15) is 0 Å². The molecular weight excluding hydrogens is 498 g/mol. The Balaban J connectivity index is 1.60. The molecule has 5 rings (SSSR count). The van der Waals surface area contributed by atoms with Crippen LogP contribution in [-0.4, -0.2) is 69.8 Å². The van der Waals surface area contributed by atoms with Crippen molar-refractivity contribution >= 4 is 39.0 Å². The maximum Gasteiger partial charge on any atom is 0.259 e. The van der Waals surface area contributed by atoms with Crippen molar-refractivity contribution in [3.05, 3.63) is 41.1 Å². The number of carbonyl (C=O) groups excluding carboxylic acids is 2. The van der Waals surface area contributed by atoms with E-state index < -0.39 is 22.0 Å². The molecule has 0 unspecified atom stereocenters. The Labute approximate surface area is 213 Å². The van der Waals surface area contributed by atoms with Crippen LogP contribution in [0, 0.1) is 5.92 Å². The fourth-order valence-electron chi connectivity index (χ4n) is 4.73. The fraction of sp³-hybridized carbons (Fsp3) is 0.417. The Hall–Kier alpha value is -3.71. The molecule has 13 heteroatoms. The van der Waals surface area contributed by atoms with E-state index in [1.807, 2.05) is 13.0 Å². The molecule has 2 aliphatic rings. The van der Waals surface area contributed by atoms with E-state index >= 15 is 0 Å². The zero-order chi connectivity index (χ0) is 26.6. The number of aliphatic hydroxyl groups excluding tert-OH is 1. The monoisotopic (exact) mass is 527 g/mol. The quantitative estimate of drug-likeness (QED) is 0.338. The Kier molecular flexibility index (Phi) is 6.07. The number of nitrogen functional groups attached to an aromatic ring is 1. The highest BCUT2D eigenvalue weighted by Crippen LogP contribution is 2.41. The third kappa shape index (κ3) is 4.71. The van der Waals surface area contributed by atoms with Gasteiger partial charge in [0.05, 0.1) is 29.8 Å². The molecule has 0 bridgehead atoms. The Morgan fingerprint density at radius 3 is 2.68 bits per heavy atom. The van der Waals surface area contributed by atoms with Crippen molar-refractivity contribution in [2.24, 2.45) is 5.92 Å². The molecule has 1 aliphatic heterocycles. The molecule has 2 atom stereocenters. The largest absolute Gasteiger partial charge is 0.394 e. The number of aromatic nitrogens is 3. The van der Waals surface area contributed by atoms with Gasteiger partial charge in [-0.1, -0.05) is 0 Å². The minimum atomic E-state index is -3.67. The van der Waals surface area contributed by atoms with Crippen molar-refractivity contribution in [3.8, 4) is 11.3 Å². The molecule has 2 aromatic heterocycles. The van der Waals surface area contributed by atoms with Crippen molar-refractivity contribution < 1.29 is 23.1 Å². The van der Waals surface area contributed by atoms with E-state index in [1.165, 1.54) is 4.52 Å². The first-order valence-corrected chi connectivity index (χ1v) is 13.9. The topological polar surface area (TPSA) is 172 Å². The number of fused-ring (bicyclic) bond motifs is 2. The number of aliphatic hydroxyl groups is 1. The molecular formula is C24H29N7O5S. The SMILES string of the molecule is C[C@H](CO)NC(=O)c1c(N)nn2ccc(-c3cc4c(c(NS(C)(=O)=O)c3)C(=O)N([C@@H](C)C3CC3)C4)nc12. The lowest BCUT2D eigenvalue weighted by Gasteiger charge is -2.24. The summed E-state index contributed by atoms with van der Waals surface area (Å²) >= 11 is 0. The summed E-state index contributed by atoms with van der Waals surface area (Å²) in [6, 6.07) is 4.64. The molecule has 2 amide bonds. The highest BCUT2D eigenvalue weighted by Gasteiger charge is 2.40. The normalized spacial score (nSPS) is 17.1. The van der Waals surface area contributed by atoms with E-state index in [9.17, 15) is 23.1 Å². The number of rotatable bonds is 8. The first kappa shape index (κ1) is 25.0. The fourth-order valence-corrected chi connectivity index (χ4v) is 5.30. The average molecular weight is 528 g/mol. The van der Waals surface area contributed by atoms with Crippen LogP contribution < -0.4 is 15.8 Å². The number of nitrogens with two attached hydrogens (primary N) is 1. The van der Waals surface area contributed by atoms with E-state index in [4.69, 9.17) is 5.73 Å². The van der Waals surface area contributed by atoms with Gasteiger partial charge in [0.1, 0.15) is 5.56 Å². The molecule has 3 aromatic rings. The second-order valence-electron chi connectivity index (χ2n) is 9.84. The van der Waals surface area contributed by atoms with Gasteiger partial charge >= 0.3 is 0 Å². The van der Waals surface area contributed by atoms with Crippen LogP contribution in [0.2, 0.25) is 0 Å². The summed E-state index contributed by atoms with van der Waals surface area (Å²) < 4.78 is 28.2. The van der Waals surface area contributed by atoms with Crippen LogP contribution in [0.4, 0.5) is 11.5 Å². The Morgan fingerprint density at radius 1 is 1.30 bits per heavy atom. The van der Waals surface area contributed by atoms with Crippen LogP contribution in [0.15, 0.2) is 24.4 Å². The molecule has 1 aliphatic carbocycles. The summed E-state index contributed by atoms with van der Waals surface area (Å²) in [4.78, 5) is 32.5. The minimum Gasteiger partial charge on any atom is -0.394 e. The van der Waals surface area contributed by atoms with Crippen molar-refractivity contribution in [2.75, 3.05) is 23.3 Å². The molecule has 5 N–H and O–H groups in total. The summed E-state index contributed by atoms with van der Waals surface area (Å²) in [5.41, 5.74) is 8.51. The Bertz CT molecular complexity index is 1530. The average Bonchev–Trinajstić information content (AvgIpc) is 3.54. The summed E-state index contributed by atoms with van der Waals surface area (Å²) in [6.45, 7) is 3.79. The Morgan fingerprint density at radius 2 is 2.03 bits per heavy atom. The summed E-state index contributed by atoms with van der Waals surface area (Å²) in [6.07, 6.45) is 4.79. The molecule has 0 spiro atoms. The predicted octanol–water partition coefficient (Wildman–Crippen LogP) is 1.21. The minimum absolute atomic E-state index is 0.0176. The van der Waals surface area contributed by atoms with Crippen LogP contribution in [0.5, 0.6) is 0 Å². The highest BCUT2D eigenvalue weighted by atomic mass is 32.2. The lowest BCUT2D eigenvalue weighted by Crippen LogP contribution is -2.35. The molecule has 1 aromatic carbocycles. The number of nitrogens with zero attached hydrogens (tertiary/aromatic N) is 4. The van der Waals surface area contributed by atoms with Gasteiger partial charge in [-0.25, -0.2) is 17.9 Å². The van der Waals surface area contributed by atoms with Gasteiger partial charge in [-0.15, -0.1) is 5.10 Å². The van der Waals surface area contributed by atoms with Gasteiger partial charge < -0.3 is 21.1 Å². The molecule has 0 radical (unpaired) electrons. The van der Waals surface area contributed by atoms with E-state index in [0.717, 1.165) is 19.1 Å². The summed E-state index contributed by atoms with van der Waals surface area (Å²) in [5.74, 6) is -0.284. The number of hydrogen-bond acceptors (Lipinski definition) is 8. The van der Waals surface area contributed by atoms with Crippen LogP contribution in [0.3, 0.4) is 0 Å². The van der Waals surface area contributed by atoms with Gasteiger partial charge in [0, 0.05) is 30.4 Å². The number of hydrogen-bond donors (Lipinski definition) is 4. The van der Waals surface area contributed by atoms with Gasteiger partial charge in [-0.05, 0) is 56.4 Å². The maximum absolute atomic E-state index is 13.3. The third-order valence-electron chi connectivity index (χ3n) is 6.81. The third-order valence-corrected chi connectivity index (χ3v) is 7.40. The van der Waals surface area contributed by atoms with Crippen molar-refractivity contribution in [3.63, 3.8) is 0 Å². The summed E-state index contributed by atoms with van der Waals surface area (Å²) in [7, 11) is -3.67. The molecule has 37 heavy (non-hydrogen) atoms. The highest BCUT2D eigenvalue weighted by molar-refractivity contribution is 7.92. The van der Waals surface area contributed by atoms with Crippen LogP contribution in [0.25, 0.3) is 16.9 Å². The van der Waals surface area contributed by atoms with Crippen molar-refractivity contribution in [2.45, 2.75) is 45.3 Å². The molecule has 3 heterocycles. The molecule has 1 fully saturated rings. The first-order valence-electron chi connectivity index (χ1n) is 12.0. The smallest absolute Gasteiger partial charge is 0.259 e. The number of benzene rings is 1. The van der Waals surface area contributed by atoms with E-state index in [1.54, 1.807) is 30.2 Å². The second-order valence-corrected chi connectivity index (χ2v) is 11.6. The van der Waals surface area contributed by atoms with Gasteiger partial charge in [-0.3, -0.25) is 14.3 Å². The van der Waals surface area contributed by atoms with Crippen LogP contribution >= 0.6 is 0 Å². The standard InChI is InChI=1S/C24H29N7O5S/c1-12(11-32)26-23(33)20-21(25)28-31-7-6-17(27-22(20)31)15-8-16-10-30(13(2)14-4-5-14)24(34)19(16)18(9-15)29-37(3,35)36/h6-9,12-14,29,32H,4-5,10-11H2,1-3H3,(H2,25,28)(H,26,33)/t12-,13+/m1/s1. The molecule has 1 saturated carbocycles. The van der Waals surface area contributed by atoms with Gasteiger partial charge in [0.2, 0.25) is 10.0 Å². The van der Waals surface area contributed by atoms with E-state index in [0.29, 0.717) is 34.8 Å². The lowest BCUT2D eigenvalue weighted by molar-refractivity contribution is 0.0698. The van der Waals surface area contributed by atoms with Crippen LogP contribution in [-0.2, 0) is 16.6 Å². The van der Waals surface area contributed by atoms with Gasteiger partial charge in [0.25, 0.3) is 11.8 Å². The number of nitrogens with one attached hydrogen (secondary N) is 2. The number of carbonyl (C=O) groups is 2. The van der Waals surface area contributed by atoms with E-state index in [-0.39, 0.29) is 41.3 Å². The van der Waals surface area contributed by atoms with Gasteiger partial charge in [0.15, 0.2) is 11.5 Å². The predicted molar refractivity (Wildman–Crippen MR) is 137 cm³/mol. The number of anilines is 2. The molecule has 12 nitrogen and oxygen atoms in total. The number of amides is 2. The summed E-state index contributed by atoms with van der Waals surface area (Å²) in [5, 5.41) is 16.1. The first-order chi connectivity index (χ1) is 17.5. The second kappa shape index (κ2) is 8.99. The zero-order valence-electron chi connectivity index (χ0n) is 20.7. The molecule has 0 saturated heterocycles. The lowest BCUT2D eigenvalue weighted by atomic mass is 10.0. The van der Waals surface area contributed by atoms with E-state index in [2.05, 4.69) is 20.1 Å². The zero-order valence-corrected chi connectivity index (χ0v) is 21.5. The molecule has 196 valence electrons. The maximum atomic E-state index is 13.3.